The maximum absolute atomic E-state index is 11.7. The average molecular weight is 269 g/mol. The van der Waals surface area contributed by atoms with Gasteiger partial charge in [0.2, 0.25) is 0 Å². The zero-order valence-electron chi connectivity index (χ0n) is 10.4. The Morgan fingerprint density at radius 1 is 1.42 bits per heavy atom. The van der Waals surface area contributed by atoms with Gasteiger partial charge in [-0.25, -0.2) is 9.59 Å². The smallest absolute Gasteiger partial charge is 0.326 e. The number of carbonyl (C=O) groups is 2. The van der Waals surface area contributed by atoms with Crippen LogP contribution in [0.1, 0.15) is 36.5 Å². The maximum Gasteiger partial charge on any atom is 0.326 e. The van der Waals surface area contributed by atoms with Crippen molar-refractivity contribution >= 4 is 11.9 Å². The lowest BCUT2D eigenvalue weighted by Gasteiger charge is -2.13. The number of unbranched alkanes of at least 4 members (excludes halogenated alkanes) is 1. The second-order valence-electron chi connectivity index (χ2n) is 3.99. The number of carboxylic acid groups (broad SMARTS) is 1. The first-order valence-corrected chi connectivity index (χ1v) is 5.81. The second-order valence-corrected chi connectivity index (χ2v) is 3.99. The molecular weight excluding hydrogens is 254 g/mol. The van der Waals surface area contributed by atoms with E-state index in [0.29, 0.717) is 6.42 Å². The molecule has 8 heteroatoms. The second kappa shape index (κ2) is 6.53. The summed E-state index contributed by atoms with van der Waals surface area (Å²) in [5.41, 5.74) is -1.93. The number of aromatic amines is 2. The molecule has 4 N–H and O–H groups in total. The Morgan fingerprint density at radius 3 is 2.63 bits per heavy atom. The number of rotatable bonds is 6. The molecule has 1 unspecified atom stereocenters. The molecule has 1 aromatic rings. The Hall–Kier alpha value is -2.38. The number of H-pyrrole nitrogens is 2. The molecule has 1 amide bonds. The van der Waals surface area contributed by atoms with Crippen molar-refractivity contribution in [3.05, 3.63) is 32.6 Å². The normalized spacial score (nSPS) is 11.8. The van der Waals surface area contributed by atoms with E-state index in [1.165, 1.54) is 0 Å². The Bertz CT molecular complexity index is 574. The van der Waals surface area contributed by atoms with Crippen molar-refractivity contribution in [3.8, 4) is 0 Å². The monoisotopic (exact) mass is 269 g/mol. The molecule has 1 atom stereocenters. The number of amides is 1. The van der Waals surface area contributed by atoms with Crippen LogP contribution in [0.4, 0.5) is 0 Å². The molecule has 0 saturated heterocycles. The lowest BCUT2D eigenvalue weighted by Crippen LogP contribution is -2.43. The largest absolute Gasteiger partial charge is 0.480 e. The molecule has 0 radical (unpaired) electrons. The number of hydrogen-bond donors (Lipinski definition) is 4. The summed E-state index contributed by atoms with van der Waals surface area (Å²) in [5.74, 6) is -2.00. The minimum atomic E-state index is -1.16. The highest BCUT2D eigenvalue weighted by molar-refractivity contribution is 5.95. The molecule has 0 saturated carbocycles. The lowest BCUT2D eigenvalue weighted by molar-refractivity contribution is -0.139. The molecule has 0 spiro atoms. The minimum absolute atomic E-state index is 0.277. The van der Waals surface area contributed by atoms with Crippen molar-refractivity contribution in [2.45, 2.75) is 32.2 Å². The highest BCUT2D eigenvalue weighted by Gasteiger charge is 2.21. The summed E-state index contributed by atoms with van der Waals surface area (Å²) in [6.45, 7) is 1.90. The molecule has 104 valence electrons. The van der Waals surface area contributed by atoms with Crippen molar-refractivity contribution in [1.29, 1.82) is 0 Å². The van der Waals surface area contributed by atoms with E-state index in [1.54, 1.807) is 0 Å². The van der Waals surface area contributed by atoms with Crippen molar-refractivity contribution in [2.24, 2.45) is 0 Å². The summed E-state index contributed by atoms with van der Waals surface area (Å²) in [7, 11) is 0. The van der Waals surface area contributed by atoms with E-state index < -0.39 is 29.2 Å². The molecule has 0 fully saturated rings. The van der Waals surface area contributed by atoms with Crippen molar-refractivity contribution < 1.29 is 14.7 Å². The third-order valence-electron chi connectivity index (χ3n) is 2.51. The fraction of sp³-hybridized carbons (Fsp3) is 0.455. The van der Waals surface area contributed by atoms with Crippen LogP contribution in [-0.4, -0.2) is 33.0 Å². The Balaban J connectivity index is 2.84. The van der Waals surface area contributed by atoms with Crippen LogP contribution < -0.4 is 16.6 Å². The van der Waals surface area contributed by atoms with Crippen LogP contribution in [0.3, 0.4) is 0 Å². The van der Waals surface area contributed by atoms with Crippen LogP contribution in [0.5, 0.6) is 0 Å². The number of aromatic nitrogens is 2. The molecule has 1 aromatic heterocycles. The van der Waals surface area contributed by atoms with Crippen LogP contribution in [0.15, 0.2) is 15.8 Å². The number of carboxylic acids is 1. The van der Waals surface area contributed by atoms with E-state index in [2.05, 4.69) is 10.3 Å². The fourth-order valence-electron chi connectivity index (χ4n) is 1.48. The Labute approximate surface area is 107 Å². The summed E-state index contributed by atoms with van der Waals surface area (Å²) in [4.78, 5) is 48.9. The van der Waals surface area contributed by atoms with Crippen LogP contribution in [0, 0.1) is 0 Å². The first kappa shape index (κ1) is 14.7. The van der Waals surface area contributed by atoms with Gasteiger partial charge in [-0.05, 0) is 6.42 Å². The first-order chi connectivity index (χ1) is 8.95. The van der Waals surface area contributed by atoms with Crippen LogP contribution in [0.25, 0.3) is 0 Å². The Morgan fingerprint density at radius 2 is 2.11 bits per heavy atom. The van der Waals surface area contributed by atoms with E-state index in [4.69, 9.17) is 5.11 Å². The highest BCUT2D eigenvalue weighted by atomic mass is 16.4. The molecule has 0 aliphatic rings. The van der Waals surface area contributed by atoms with Crippen LogP contribution >= 0.6 is 0 Å². The predicted octanol–water partition coefficient (Wildman–Crippen LogP) is -0.564. The van der Waals surface area contributed by atoms with E-state index in [0.717, 1.165) is 12.6 Å². The molecule has 0 aliphatic heterocycles. The van der Waals surface area contributed by atoms with Gasteiger partial charge in [0.05, 0.1) is 0 Å². The van der Waals surface area contributed by atoms with E-state index in [-0.39, 0.29) is 12.0 Å². The predicted molar refractivity (Wildman–Crippen MR) is 66.1 cm³/mol. The maximum atomic E-state index is 11.7. The van der Waals surface area contributed by atoms with Gasteiger partial charge in [0.15, 0.2) is 0 Å². The summed E-state index contributed by atoms with van der Waals surface area (Å²) < 4.78 is 0. The molecule has 19 heavy (non-hydrogen) atoms. The van der Waals surface area contributed by atoms with E-state index in [1.807, 2.05) is 11.9 Å². The average Bonchev–Trinajstić information content (AvgIpc) is 2.33. The van der Waals surface area contributed by atoms with Crippen LogP contribution in [0.2, 0.25) is 0 Å². The van der Waals surface area contributed by atoms with Gasteiger partial charge in [-0.2, -0.15) is 0 Å². The van der Waals surface area contributed by atoms with Gasteiger partial charge >= 0.3 is 11.7 Å². The highest BCUT2D eigenvalue weighted by Crippen LogP contribution is 2.01. The number of nitrogens with one attached hydrogen (secondary N) is 3. The van der Waals surface area contributed by atoms with Crippen molar-refractivity contribution in [3.63, 3.8) is 0 Å². The van der Waals surface area contributed by atoms with Gasteiger partial charge in [-0.1, -0.05) is 19.8 Å². The summed E-state index contributed by atoms with van der Waals surface area (Å²) in [6.07, 6.45) is 2.66. The topological polar surface area (TPSA) is 132 Å². The lowest BCUT2D eigenvalue weighted by atomic mass is 10.1. The van der Waals surface area contributed by atoms with Crippen molar-refractivity contribution in [2.75, 3.05) is 0 Å². The van der Waals surface area contributed by atoms with Gasteiger partial charge in [0, 0.05) is 6.20 Å². The Kier molecular flexibility index (Phi) is 5.04. The molecule has 8 nitrogen and oxygen atoms in total. The van der Waals surface area contributed by atoms with Gasteiger partial charge < -0.3 is 15.4 Å². The van der Waals surface area contributed by atoms with Gasteiger partial charge in [-0.15, -0.1) is 0 Å². The summed E-state index contributed by atoms with van der Waals surface area (Å²) in [6, 6.07) is -1.06. The number of carbonyl (C=O) groups excluding carboxylic acids is 1. The van der Waals surface area contributed by atoms with E-state index >= 15 is 0 Å². The zero-order chi connectivity index (χ0) is 14.4. The number of aliphatic carboxylic acids is 1. The van der Waals surface area contributed by atoms with E-state index in [9.17, 15) is 19.2 Å². The quantitative estimate of drug-likeness (QED) is 0.549. The zero-order valence-corrected chi connectivity index (χ0v) is 10.4. The molecule has 1 rings (SSSR count). The third kappa shape index (κ3) is 4.09. The molecular formula is C11H15N3O5. The summed E-state index contributed by atoms with van der Waals surface area (Å²) >= 11 is 0. The van der Waals surface area contributed by atoms with Gasteiger partial charge in [0.1, 0.15) is 11.6 Å². The molecule has 0 aliphatic carbocycles. The minimum Gasteiger partial charge on any atom is -0.480 e. The SMILES string of the molecule is CCCCC(NC(=O)c1c[nH]c(=O)[nH]c1=O)C(=O)O. The van der Waals surface area contributed by atoms with Gasteiger partial charge in [-0.3, -0.25) is 14.6 Å². The standard InChI is InChI=1S/C11H15N3O5/c1-2-3-4-7(10(17)18)13-8(15)6-5-12-11(19)14-9(6)16/h5,7H,2-4H2,1H3,(H,13,15)(H,17,18)(H2,12,14,16,19). The molecule has 0 bridgehead atoms. The summed E-state index contributed by atoms with van der Waals surface area (Å²) in [5, 5.41) is 11.2. The van der Waals surface area contributed by atoms with Crippen LogP contribution in [-0.2, 0) is 4.79 Å². The first-order valence-electron chi connectivity index (χ1n) is 5.81. The van der Waals surface area contributed by atoms with Gasteiger partial charge in [0.25, 0.3) is 11.5 Å². The number of hydrogen-bond acceptors (Lipinski definition) is 4. The fourth-order valence-corrected chi connectivity index (χ4v) is 1.48. The molecule has 1 heterocycles. The third-order valence-corrected chi connectivity index (χ3v) is 2.51. The molecule has 0 aromatic carbocycles. The van der Waals surface area contributed by atoms with Crippen molar-refractivity contribution in [1.82, 2.24) is 15.3 Å².